The number of hydrogen-bond donors (Lipinski definition) is 2. The maximum absolute atomic E-state index is 5.16. The predicted octanol–water partition coefficient (Wildman–Crippen LogP) is 0.402. The molecule has 0 amide bonds. The molecule has 0 fully saturated rings. The maximum atomic E-state index is 5.16. The molecule has 5 heteroatoms. The molecular weight excluding hydrogens is 172 g/mol. The van der Waals surface area contributed by atoms with Crippen molar-refractivity contribution in [3.8, 4) is 0 Å². The Morgan fingerprint density at radius 2 is 2.58 bits per heavy atom. The van der Waals surface area contributed by atoms with Gasteiger partial charge in [0.1, 0.15) is 0 Å². The summed E-state index contributed by atoms with van der Waals surface area (Å²) in [7, 11) is 0. The molecule has 0 spiro atoms. The van der Waals surface area contributed by atoms with Crippen LogP contribution in [0.15, 0.2) is 17.8 Å². The van der Waals surface area contributed by atoms with Crippen molar-refractivity contribution in [3.63, 3.8) is 0 Å². The van der Waals surface area contributed by atoms with Gasteiger partial charge in [0.15, 0.2) is 4.96 Å². The van der Waals surface area contributed by atoms with E-state index in [0.29, 0.717) is 0 Å². The number of thiazole rings is 1. The van der Waals surface area contributed by atoms with Gasteiger partial charge >= 0.3 is 0 Å². The summed E-state index contributed by atoms with van der Waals surface area (Å²) in [4.78, 5) is 5.44. The molecule has 0 saturated carbocycles. The number of aromatic nitrogens is 2. The van der Waals surface area contributed by atoms with Gasteiger partial charge in [-0.25, -0.2) is 4.98 Å². The molecule has 0 aliphatic carbocycles. The first-order valence-corrected chi connectivity index (χ1v) is 4.62. The summed E-state index contributed by atoms with van der Waals surface area (Å²) in [6, 6.07) is 0. The number of hydrazine groups is 1. The van der Waals surface area contributed by atoms with Crippen LogP contribution in [-0.2, 0) is 6.42 Å². The predicted molar refractivity (Wildman–Crippen MR) is 49.0 cm³/mol. The van der Waals surface area contributed by atoms with E-state index in [4.69, 9.17) is 5.84 Å². The zero-order chi connectivity index (χ0) is 8.39. The van der Waals surface area contributed by atoms with Crippen molar-refractivity contribution in [2.24, 2.45) is 5.84 Å². The van der Waals surface area contributed by atoms with Crippen molar-refractivity contribution in [2.75, 3.05) is 6.54 Å². The molecule has 0 aliphatic heterocycles. The molecule has 0 aromatic carbocycles. The van der Waals surface area contributed by atoms with Crippen LogP contribution >= 0.6 is 11.3 Å². The van der Waals surface area contributed by atoms with Gasteiger partial charge in [-0.05, 0) is 0 Å². The summed E-state index contributed by atoms with van der Waals surface area (Å²) in [6.07, 6.45) is 4.92. The number of rotatable bonds is 3. The molecule has 4 nitrogen and oxygen atoms in total. The number of imidazole rings is 1. The summed E-state index contributed by atoms with van der Waals surface area (Å²) in [5, 5.41) is 2.02. The molecule has 0 radical (unpaired) electrons. The first-order chi connectivity index (χ1) is 5.90. The van der Waals surface area contributed by atoms with E-state index in [2.05, 4.69) is 10.4 Å². The second-order valence-electron chi connectivity index (χ2n) is 2.53. The summed E-state index contributed by atoms with van der Waals surface area (Å²) >= 11 is 1.64. The second kappa shape index (κ2) is 3.22. The van der Waals surface area contributed by atoms with E-state index < -0.39 is 0 Å². The quantitative estimate of drug-likeness (QED) is 0.533. The summed E-state index contributed by atoms with van der Waals surface area (Å²) in [6.45, 7) is 0.769. The van der Waals surface area contributed by atoms with E-state index in [9.17, 15) is 0 Å². The molecule has 0 unspecified atom stereocenters. The van der Waals surface area contributed by atoms with Crippen LogP contribution in [0.5, 0.6) is 0 Å². The van der Waals surface area contributed by atoms with Crippen molar-refractivity contribution >= 4 is 16.3 Å². The Morgan fingerprint density at radius 1 is 1.67 bits per heavy atom. The van der Waals surface area contributed by atoms with Gasteiger partial charge in [-0.2, -0.15) is 0 Å². The second-order valence-corrected chi connectivity index (χ2v) is 3.40. The third kappa shape index (κ3) is 1.34. The highest BCUT2D eigenvalue weighted by atomic mass is 32.1. The normalized spacial score (nSPS) is 11.1. The largest absolute Gasteiger partial charge is 0.297 e. The number of nitrogens with zero attached hydrogens (tertiary/aromatic N) is 2. The number of nitrogens with two attached hydrogens (primary N) is 1. The summed E-state index contributed by atoms with van der Waals surface area (Å²) < 4.78 is 2.02. The van der Waals surface area contributed by atoms with E-state index in [1.165, 1.54) is 0 Å². The van der Waals surface area contributed by atoms with Crippen molar-refractivity contribution in [2.45, 2.75) is 6.42 Å². The highest BCUT2D eigenvalue weighted by Gasteiger charge is 2.00. The van der Waals surface area contributed by atoms with E-state index in [-0.39, 0.29) is 0 Å². The Balaban J connectivity index is 2.21. The summed E-state index contributed by atoms with van der Waals surface area (Å²) in [5.41, 5.74) is 3.69. The smallest absolute Gasteiger partial charge is 0.193 e. The van der Waals surface area contributed by atoms with Crippen LogP contribution in [0, 0.1) is 0 Å². The van der Waals surface area contributed by atoms with Crippen LogP contribution in [0.2, 0.25) is 0 Å². The molecule has 0 atom stereocenters. The maximum Gasteiger partial charge on any atom is 0.193 e. The minimum absolute atomic E-state index is 0.769. The Morgan fingerprint density at radius 3 is 3.33 bits per heavy atom. The molecule has 0 saturated heterocycles. The molecule has 2 aromatic heterocycles. The lowest BCUT2D eigenvalue weighted by Crippen LogP contribution is -2.24. The first-order valence-electron chi connectivity index (χ1n) is 3.74. The lowest BCUT2D eigenvalue weighted by atomic mass is 10.3. The van der Waals surface area contributed by atoms with Gasteiger partial charge in [0, 0.05) is 30.7 Å². The van der Waals surface area contributed by atoms with E-state index in [1.54, 1.807) is 11.3 Å². The van der Waals surface area contributed by atoms with Gasteiger partial charge in [-0.3, -0.25) is 15.7 Å². The molecule has 0 bridgehead atoms. The minimum atomic E-state index is 0.769. The van der Waals surface area contributed by atoms with Gasteiger partial charge in [0.25, 0.3) is 0 Å². The van der Waals surface area contributed by atoms with Crippen LogP contribution < -0.4 is 11.3 Å². The molecule has 2 heterocycles. The lowest BCUT2D eigenvalue weighted by Gasteiger charge is -1.92. The molecule has 64 valence electrons. The lowest BCUT2D eigenvalue weighted by molar-refractivity contribution is 0.721. The van der Waals surface area contributed by atoms with Crippen molar-refractivity contribution in [3.05, 3.63) is 23.5 Å². The molecule has 2 rings (SSSR count). The Hall–Kier alpha value is -0.910. The average molecular weight is 182 g/mol. The van der Waals surface area contributed by atoms with Gasteiger partial charge in [0.05, 0.1) is 5.69 Å². The number of hydrogen-bond acceptors (Lipinski definition) is 4. The fourth-order valence-electron chi connectivity index (χ4n) is 1.10. The SMILES string of the molecule is NNCCc1cn2ccsc2n1. The van der Waals surface area contributed by atoms with Crippen LogP contribution in [0.25, 0.3) is 4.96 Å². The Kier molecular flexibility index (Phi) is 2.07. The van der Waals surface area contributed by atoms with E-state index in [0.717, 1.165) is 23.6 Å². The van der Waals surface area contributed by atoms with Crippen LogP contribution in [0.4, 0.5) is 0 Å². The molecule has 0 aliphatic rings. The minimum Gasteiger partial charge on any atom is -0.297 e. The van der Waals surface area contributed by atoms with E-state index in [1.807, 2.05) is 22.2 Å². The van der Waals surface area contributed by atoms with Crippen molar-refractivity contribution in [1.29, 1.82) is 0 Å². The van der Waals surface area contributed by atoms with Crippen LogP contribution in [-0.4, -0.2) is 15.9 Å². The molecular formula is C7H10N4S. The van der Waals surface area contributed by atoms with Crippen molar-refractivity contribution < 1.29 is 0 Å². The molecule has 2 aromatic rings. The third-order valence-corrected chi connectivity index (χ3v) is 2.44. The first kappa shape index (κ1) is 7.72. The standard InChI is InChI=1S/C7H10N4S/c8-9-2-1-6-5-11-3-4-12-7(11)10-6/h3-5,9H,1-2,8H2. The summed E-state index contributed by atoms with van der Waals surface area (Å²) in [5.74, 6) is 5.16. The Bertz CT molecular complexity index is 336. The van der Waals surface area contributed by atoms with E-state index >= 15 is 0 Å². The van der Waals surface area contributed by atoms with Gasteiger partial charge < -0.3 is 0 Å². The topological polar surface area (TPSA) is 55.3 Å². The third-order valence-electron chi connectivity index (χ3n) is 1.67. The highest BCUT2D eigenvalue weighted by Crippen LogP contribution is 2.11. The molecule has 12 heavy (non-hydrogen) atoms. The fraction of sp³-hybridized carbons (Fsp3) is 0.286. The molecule has 3 N–H and O–H groups in total. The van der Waals surface area contributed by atoms with Crippen molar-refractivity contribution in [1.82, 2.24) is 14.8 Å². The average Bonchev–Trinajstić information content (AvgIpc) is 2.58. The number of nitrogens with one attached hydrogen (secondary N) is 1. The number of fused-ring (bicyclic) bond motifs is 1. The Labute approximate surface area is 74.0 Å². The zero-order valence-corrected chi connectivity index (χ0v) is 7.34. The van der Waals surface area contributed by atoms with Crippen LogP contribution in [0.3, 0.4) is 0 Å². The van der Waals surface area contributed by atoms with Crippen LogP contribution in [0.1, 0.15) is 5.69 Å². The monoisotopic (exact) mass is 182 g/mol. The van der Waals surface area contributed by atoms with Gasteiger partial charge in [0.2, 0.25) is 0 Å². The highest BCUT2D eigenvalue weighted by molar-refractivity contribution is 7.15. The van der Waals surface area contributed by atoms with Gasteiger partial charge in [-0.1, -0.05) is 0 Å². The van der Waals surface area contributed by atoms with Gasteiger partial charge in [-0.15, -0.1) is 11.3 Å². The fourth-order valence-corrected chi connectivity index (χ4v) is 1.82. The zero-order valence-electron chi connectivity index (χ0n) is 6.53.